The molecule has 0 bridgehead atoms. The van der Waals surface area contributed by atoms with Crippen molar-refractivity contribution in [3.63, 3.8) is 0 Å². The number of aliphatic carboxylic acids is 1. The van der Waals surface area contributed by atoms with E-state index in [4.69, 9.17) is 9.52 Å². The van der Waals surface area contributed by atoms with Crippen molar-refractivity contribution < 1.29 is 22.7 Å². The summed E-state index contributed by atoms with van der Waals surface area (Å²) in [5, 5.41) is 9.20. The summed E-state index contributed by atoms with van der Waals surface area (Å²) in [5.74, 6) is -1.92. The summed E-state index contributed by atoms with van der Waals surface area (Å²) in [6.45, 7) is 1.19. The lowest BCUT2D eigenvalue weighted by molar-refractivity contribution is -0.140. The maximum absolute atomic E-state index is 12.1. The molecule has 2 rings (SSSR count). The van der Waals surface area contributed by atoms with Gasteiger partial charge in [-0.05, 0) is 24.3 Å². The monoisotopic (exact) mass is 311 g/mol. The topological polar surface area (TPSA) is 114 Å². The van der Waals surface area contributed by atoms with Crippen molar-refractivity contribution in [2.24, 2.45) is 5.92 Å². The van der Waals surface area contributed by atoms with E-state index in [2.05, 4.69) is 4.72 Å². The van der Waals surface area contributed by atoms with Gasteiger partial charge in [0, 0.05) is 18.0 Å². The Kier molecular flexibility index (Phi) is 4.10. The summed E-state index contributed by atoms with van der Waals surface area (Å²) in [7, 11) is -3.82. The van der Waals surface area contributed by atoms with Gasteiger partial charge in [0.1, 0.15) is 5.58 Å². The molecule has 0 radical (unpaired) electrons. The fraction of sp³-hybridized carbons (Fsp3) is 0.231. The molecule has 0 fully saturated rings. The van der Waals surface area contributed by atoms with Crippen LogP contribution in [0.5, 0.6) is 0 Å². The number of benzene rings is 1. The fourth-order valence-electron chi connectivity index (χ4n) is 1.62. The van der Waals surface area contributed by atoms with Crippen LogP contribution in [-0.4, -0.2) is 26.0 Å². The first-order chi connectivity index (χ1) is 9.79. The van der Waals surface area contributed by atoms with Gasteiger partial charge in [0.25, 0.3) is 0 Å². The van der Waals surface area contributed by atoms with E-state index in [1.54, 1.807) is 0 Å². The number of nitrogens with one attached hydrogen (secondary N) is 1. The zero-order valence-corrected chi connectivity index (χ0v) is 11.9. The van der Waals surface area contributed by atoms with Crippen molar-refractivity contribution in [1.82, 2.24) is 4.72 Å². The Hall–Kier alpha value is -2.19. The van der Waals surface area contributed by atoms with Crippen LogP contribution in [-0.2, 0) is 14.8 Å². The van der Waals surface area contributed by atoms with Gasteiger partial charge in [-0.1, -0.05) is 6.92 Å². The Bertz CT molecular complexity index is 839. The van der Waals surface area contributed by atoms with Gasteiger partial charge in [0.2, 0.25) is 10.0 Å². The Morgan fingerprint density at radius 1 is 1.33 bits per heavy atom. The van der Waals surface area contributed by atoms with Crippen LogP contribution < -0.4 is 10.3 Å². The van der Waals surface area contributed by atoms with Gasteiger partial charge in [-0.3, -0.25) is 4.79 Å². The predicted octanol–water partition coefficient (Wildman–Crippen LogP) is 0.792. The van der Waals surface area contributed by atoms with Gasteiger partial charge in [0.15, 0.2) is 0 Å². The molecule has 0 amide bonds. The summed E-state index contributed by atoms with van der Waals surface area (Å²) < 4.78 is 31.3. The van der Waals surface area contributed by atoms with E-state index < -0.39 is 27.5 Å². The molecule has 1 unspecified atom stereocenters. The summed E-state index contributed by atoms with van der Waals surface area (Å²) in [5.41, 5.74) is -0.244. The molecule has 8 heteroatoms. The minimum Gasteiger partial charge on any atom is -0.481 e. The van der Waals surface area contributed by atoms with E-state index in [-0.39, 0.29) is 17.0 Å². The van der Waals surface area contributed by atoms with Crippen LogP contribution in [0.25, 0.3) is 11.0 Å². The SMILES string of the molecule is CC(CNS(=O)(=O)c1ccc2oc(=O)ccc2c1)C(=O)O. The van der Waals surface area contributed by atoms with Crippen molar-refractivity contribution in [3.05, 3.63) is 40.8 Å². The van der Waals surface area contributed by atoms with Crippen LogP contribution in [0, 0.1) is 5.92 Å². The number of hydrogen-bond acceptors (Lipinski definition) is 5. The van der Waals surface area contributed by atoms with Crippen LogP contribution in [0.4, 0.5) is 0 Å². The van der Waals surface area contributed by atoms with Crippen LogP contribution in [0.3, 0.4) is 0 Å². The molecule has 0 aliphatic rings. The van der Waals surface area contributed by atoms with E-state index >= 15 is 0 Å². The third-order valence-electron chi connectivity index (χ3n) is 2.90. The summed E-state index contributed by atoms with van der Waals surface area (Å²) in [4.78, 5) is 21.7. The third-order valence-corrected chi connectivity index (χ3v) is 4.32. The quantitative estimate of drug-likeness (QED) is 0.789. The molecule has 0 aliphatic carbocycles. The van der Waals surface area contributed by atoms with Crippen LogP contribution >= 0.6 is 0 Å². The van der Waals surface area contributed by atoms with Crippen molar-refractivity contribution >= 4 is 27.0 Å². The van der Waals surface area contributed by atoms with Gasteiger partial charge in [-0.25, -0.2) is 17.9 Å². The zero-order valence-electron chi connectivity index (χ0n) is 11.1. The Labute approximate surface area is 120 Å². The van der Waals surface area contributed by atoms with Crippen LogP contribution in [0.15, 0.2) is 44.4 Å². The molecule has 0 saturated heterocycles. The van der Waals surface area contributed by atoms with E-state index in [0.717, 1.165) is 0 Å². The molecule has 2 aromatic rings. The fourth-order valence-corrected chi connectivity index (χ4v) is 2.79. The van der Waals surface area contributed by atoms with Crippen LogP contribution in [0.1, 0.15) is 6.92 Å². The van der Waals surface area contributed by atoms with Gasteiger partial charge in [0.05, 0.1) is 10.8 Å². The molecular formula is C13H13NO6S. The molecule has 0 spiro atoms. The highest BCUT2D eigenvalue weighted by Gasteiger charge is 2.18. The molecule has 1 heterocycles. The lowest BCUT2D eigenvalue weighted by atomic mass is 10.2. The zero-order chi connectivity index (χ0) is 15.6. The second-order valence-electron chi connectivity index (χ2n) is 4.55. The molecule has 0 saturated carbocycles. The van der Waals surface area contributed by atoms with E-state index in [1.165, 1.54) is 37.3 Å². The predicted molar refractivity (Wildman–Crippen MR) is 74.5 cm³/mol. The highest BCUT2D eigenvalue weighted by Crippen LogP contribution is 2.17. The number of carboxylic acids is 1. The minimum absolute atomic E-state index is 0.0264. The largest absolute Gasteiger partial charge is 0.481 e. The molecule has 1 atom stereocenters. The first kappa shape index (κ1) is 15.2. The van der Waals surface area contributed by atoms with Gasteiger partial charge in [-0.15, -0.1) is 0 Å². The lowest BCUT2D eigenvalue weighted by Crippen LogP contribution is -2.31. The Morgan fingerprint density at radius 3 is 2.71 bits per heavy atom. The first-order valence-corrected chi connectivity index (χ1v) is 7.54. The first-order valence-electron chi connectivity index (χ1n) is 6.06. The molecular weight excluding hydrogens is 298 g/mol. The second kappa shape index (κ2) is 5.66. The van der Waals surface area contributed by atoms with Gasteiger partial charge >= 0.3 is 11.6 Å². The molecule has 0 aliphatic heterocycles. The molecule has 21 heavy (non-hydrogen) atoms. The number of rotatable bonds is 5. The van der Waals surface area contributed by atoms with Gasteiger partial charge < -0.3 is 9.52 Å². The number of carboxylic acid groups (broad SMARTS) is 1. The highest BCUT2D eigenvalue weighted by atomic mass is 32.2. The van der Waals surface area contributed by atoms with Crippen molar-refractivity contribution in [2.45, 2.75) is 11.8 Å². The maximum atomic E-state index is 12.1. The Balaban J connectivity index is 2.30. The smallest absolute Gasteiger partial charge is 0.336 e. The standard InChI is InChI=1S/C13H13NO6S/c1-8(13(16)17)7-14-21(18,19)10-3-4-11-9(6-10)2-5-12(15)20-11/h2-6,8,14H,7H2,1H3,(H,16,17). The van der Waals surface area contributed by atoms with Crippen molar-refractivity contribution in [2.75, 3.05) is 6.54 Å². The van der Waals surface area contributed by atoms with E-state index in [9.17, 15) is 18.0 Å². The number of fused-ring (bicyclic) bond motifs is 1. The number of hydrogen-bond donors (Lipinski definition) is 2. The molecule has 1 aromatic carbocycles. The average Bonchev–Trinajstić information content (AvgIpc) is 2.44. The molecule has 7 nitrogen and oxygen atoms in total. The normalized spacial score (nSPS) is 13.2. The number of sulfonamides is 1. The molecule has 1 aromatic heterocycles. The Morgan fingerprint density at radius 2 is 2.05 bits per heavy atom. The minimum atomic E-state index is -3.82. The second-order valence-corrected chi connectivity index (χ2v) is 6.31. The van der Waals surface area contributed by atoms with E-state index in [1.807, 2.05) is 0 Å². The van der Waals surface area contributed by atoms with Crippen LogP contribution in [0.2, 0.25) is 0 Å². The highest BCUT2D eigenvalue weighted by molar-refractivity contribution is 7.89. The summed E-state index contributed by atoms with van der Waals surface area (Å²) in [6, 6.07) is 6.68. The average molecular weight is 311 g/mol. The molecule has 2 N–H and O–H groups in total. The van der Waals surface area contributed by atoms with Gasteiger partial charge in [-0.2, -0.15) is 0 Å². The van der Waals surface area contributed by atoms with E-state index in [0.29, 0.717) is 5.39 Å². The maximum Gasteiger partial charge on any atom is 0.336 e. The lowest BCUT2D eigenvalue weighted by Gasteiger charge is -2.09. The van der Waals surface area contributed by atoms with Crippen molar-refractivity contribution in [3.8, 4) is 0 Å². The molecule has 112 valence electrons. The number of carbonyl (C=O) groups is 1. The summed E-state index contributed by atoms with van der Waals surface area (Å²) in [6.07, 6.45) is 0. The summed E-state index contributed by atoms with van der Waals surface area (Å²) >= 11 is 0. The van der Waals surface area contributed by atoms with Crippen molar-refractivity contribution in [1.29, 1.82) is 0 Å². The third kappa shape index (κ3) is 3.47.